The first-order valence-corrected chi connectivity index (χ1v) is 10.9. The number of nitrogens with one attached hydrogen (secondary N) is 2. The third-order valence-electron chi connectivity index (χ3n) is 4.32. The molecule has 3 aromatic rings. The molecule has 0 aliphatic carbocycles. The van der Waals surface area contributed by atoms with Crippen LogP contribution in [-0.2, 0) is 4.74 Å². The highest BCUT2D eigenvalue weighted by molar-refractivity contribution is 7.19. The van der Waals surface area contributed by atoms with Crippen LogP contribution in [0, 0.1) is 18.3 Å². The average molecular weight is 441 g/mol. The van der Waals surface area contributed by atoms with Crippen LogP contribution in [0.15, 0.2) is 30.7 Å². The number of nitriles is 1. The molecule has 2 heterocycles. The minimum absolute atomic E-state index is 0.0514. The molecular weight excluding hydrogens is 412 g/mol. The fraction of sp³-hybridized carbons (Fsp3) is 0.409. The summed E-state index contributed by atoms with van der Waals surface area (Å²) >= 11 is 1.27. The number of anilines is 1. The van der Waals surface area contributed by atoms with Gasteiger partial charge in [0.05, 0.1) is 17.8 Å². The number of thiazole rings is 1. The molecule has 8 nitrogen and oxygen atoms in total. The first-order chi connectivity index (χ1) is 15.0. The molecule has 0 aliphatic heterocycles. The van der Waals surface area contributed by atoms with Gasteiger partial charge in [0.25, 0.3) is 5.91 Å². The van der Waals surface area contributed by atoms with Crippen molar-refractivity contribution < 1.29 is 9.53 Å². The van der Waals surface area contributed by atoms with Crippen LogP contribution in [0.1, 0.15) is 47.6 Å². The number of nitrogens with zero attached hydrogens (tertiary/aromatic N) is 4. The molecule has 0 spiro atoms. The second-order valence-electron chi connectivity index (χ2n) is 6.96. The standard InChI is InChI=1S/C11H14N4O2S.C11H14N2/c1-7(3-4-17-2)14-9(16)11-15-8-5-12-6-13-10(8)18-11;1-3-6-13-11-5-4-10(8-12)7-9(11)2/h5-7H,3-4H2,1-2H3,(H,14,16);4-5,7,13H,3,6H2,1-2H3. The molecule has 1 unspecified atom stereocenters. The largest absolute Gasteiger partial charge is 0.385 e. The summed E-state index contributed by atoms with van der Waals surface area (Å²) in [6.07, 6.45) is 4.93. The highest BCUT2D eigenvalue weighted by Gasteiger charge is 2.15. The molecule has 0 saturated heterocycles. The van der Waals surface area contributed by atoms with E-state index in [0.29, 0.717) is 17.1 Å². The van der Waals surface area contributed by atoms with Crippen molar-refractivity contribution in [2.75, 3.05) is 25.6 Å². The van der Waals surface area contributed by atoms with Crippen LogP contribution in [-0.4, -0.2) is 47.2 Å². The summed E-state index contributed by atoms with van der Waals surface area (Å²) < 4.78 is 4.97. The SMILES string of the molecule is CCCNc1ccc(C#N)cc1C.COCCC(C)NC(=O)c1nc2cncnc2s1. The van der Waals surface area contributed by atoms with Gasteiger partial charge in [-0.05, 0) is 50.5 Å². The fourth-order valence-corrected chi connectivity index (χ4v) is 3.41. The number of methoxy groups -OCH3 is 1. The fourth-order valence-electron chi connectivity index (χ4n) is 2.63. The number of carbonyl (C=O) groups excluding carboxylic acids is 1. The van der Waals surface area contributed by atoms with Crippen molar-refractivity contribution in [1.82, 2.24) is 20.3 Å². The Morgan fingerprint density at radius 3 is 2.84 bits per heavy atom. The van der Waals surface area contributed by atoms with Crippen LogP contribution in [0.2, 0.25) is 0 Å². The molecule has 0 bridgehead atoms. The average Bonchev–Trinajstić information content (AvgIpc) is 3.22. The quantitative estimate of drug-likeness (QED) is 0.545. The molecule has 2 N–H and O–H groups in total. The lowest BCUT2D eigenvalue weighted by Crippen LogP contribution is -2.33. The molecule has 9 heteroatoms. The molecule has 1 amide bonds. The predicted octanol–water partition coefficient (Wildman–Crippen LogP) is 3.93. The molecule has 0 fully saturated rings. The maximum absolute atomic E-state index is 11.9. The summed E-state index contributed by atoms with van der Waals surface area (Å²) in [7, 11) is 1.64. The Hall–Kier alpha value is -3.09. The van der Waals surface area contributed by atoms with Gasteiger partial charge in [0.1, 0.15) is 16.7 Å². The summed E-state index contributed by atoms with van der Waals surface area (Å²) in [6, 6.07) is 7.88. The van der Waals surface area contributed by atoms with E-state index in [1.165, 1.54) is 17.7 Å². The van der Waals surface area contributed by atoms with E-state index in [1.807, 2.05) is 32.0 Å². The first-order valence-electron chi connectivity index (χ1n) is 10.1. The molecule has 0 radical (unpaired) electrons. The summed E-state index contributed by atoms with van der Waals surface area (Å²) in [5.74, 6) is -0.179. The van der Waals surface area contributed by atoms with E-state index in [2.05, 4.69) is 38.6 Å². The van der Waals surface area contributed by atoms with E-state index in [9.17, 15) is 4.79 Å². The van der Waals surface area contributed by atoms with Gasteiger partial charge in [-0.2, -0.15) is 5.26 Å². The molecule has 0 saturated carbocycles. The number of fused-ring (bicyclic) bond motifs is 1. The molecule has 31 heavy (non-hydrogen) atoms. The van der Waals surface area contributed by atoms with E-state index < -0.39 is 0 Å². The first kappa shape index (κ1) is 24.2. The number of benzene rings is 1. The Kier molecular flexibility index (Phi) is 9.81. The van der Waals surface area contributed by atoms with Crippen molar-refractivity contribution in [2.45, 2.75) is 39.7 Å². The number of aromatic nitrogens is 3. The molecule has 164 valence electrons. The number of carbonyl (C=O) groups is 1. The zero-order valence-electron chi connectivity index (χ0n) is 18.3. The topological polar surface area (TPSA) is 113 Å². The number of ether oxygens (including phenoxy) is 1. The van der Waals surface area contributed by atoms with Gasteiger partial charge < -0.3 is 15.4 Å². The summed E-state index contributed by atoms with van der Waals surface area (Å²) in [5.41, 5.74) is 3.63. The normalized spacial score (nSPS) is 11.2. The number of hydrogen-bond donors (Lipinski definition) is 2. The van der Waals surface area contributed by atoms with E-state index in [-0.39, 0.29) is 11.9 Å². The lowest BCUT2D eigenvalue weighted by molar-refractivity contribution is 0.0929. The smallest absolute Gasteiger partial charge is 0.280 e. The van der Waals surface area contributed by atoms with Crippen LogP contribution < -0.4 is 10.6 Å². The second kappa shape index (κ2) is 12.6. The maximum Gasteiger partial charge on any atom is 0.280 e. The van der Waals surface area contributed by atoms with Crippen molar-refractivity contribution in [3.05, 3.63) is 46.9 Å². The van der Waals surface area contributed by atoms with Crippen molar-refractivity contribution in [3.8, 4) is 6.07 Å². The zero-order chi connectivity index (χ0) is 22.6. The van der Waals surface area contributed by atoms with Gasteiger partial charge in [0.2, 0.25) is 0 Å². The van der Waals surface area contributed by atoms with Crippen molar-refractivity contribution >= 4 is 33.3 Å². The summed E-state index contributed by atoms with van der Waals surface area (Å²) in [6.45, 7) is 7.67. The Balaban J connectivity index is 0.000000233. The van der Waals surface area contributed by atoms with Gasteiger partial charge in [-0.15, -0.1) is 0 Å². The van der Waals surface area contributed by atoms with Crippen LogP contribution in [0.3, 0.4) is 0 Å². The van der Waals surface area contributed by atoms with Crippen LogP contribution in [0.5, 0.6) is 0 Å². The number of rotatable bonds is 8. The van der Waals surface area contributed by atoms with E-state index >= 15 is 0 Å². The van der Waals surface area contributed by atoms with Gasteiger partial charge in [-0.25, -0.2) is 15.0 Å². The summed E-state index contributed by atoms with van der Waals surface area (Å²) in [4.78, 5) is 24.8. The molecule has 3 rings (SSSR count). The zero-order valence-corrected chi connectivity index (χ0v) is 19.1. The Morgan fingerprint density at radius 2 is 2.19 bits per heavy atom. The molecule has 1 atom stereocenters. The van der Waals surface area contributed by atoms with E-state index in [4.69, 9.17) is 10.00 Å². The predicted molar refractivity (Wildman–Crippen MR) is 123 cm³/mol. The third kappa shape index (κ3) is 7.59. The Labute approximate surface area is 186 Å². The van der Waals surface area contributed by atoms with Gasteiger partial charge in [0, 0.05) is 32.0 Å². The number of hydrogen-bond acceptors (Lipinski definition) is 8. The number of aryl methyl sites for hydroxylation is 1. The van der Waals surface area contributed by atoms with Crippen molar-refractivity contribution in [1.29, 1.82) is 5.26 Å². The van der Waals surface area contributed by atoms with E-state index in [0.717, 1.165) is 41.0 Å². The highest BCUT2D eigenvalue weighted by Crippen LogP contribution is 2.18. The van der Waals surface area contributed by atoms with Crippen LogP contribution >= 0.6 is 11.3 Å². The van der Waals surface area contributed by atoms with Crippen molar-refractivity contribution in [3.63, 3.8) is 0 Å². The lowest BCUT2D eigenvalue weighted by Gasteiger charge is -2.11. The van der Waals surface area contributed by atoms with Gasteiger partial charge in [0.15, 0.2) is 5.01 Å². The minimum Gasteiger partial charge on any atom is -0.385 e. The molecule has 1 aromatic carbocycles. The highest BCUT2D eigenvalue weighted by atomic mass is 32.1. The maximum atomic E-state index is 11.9. The number of amides is 1. The molecule has 0 aliphatic rings. The van der Waals surface area contributed by atoms with Crippen molar-refractivity contribution in [2.24, 2.45) is 0 Å². The van der Waals surface area contributed by atoms with Crippen LogP contribution in [0.4, 0.5) is 5.69 Å². The Bertz CT molecular complexity index is 997. The Morgan fingerprint density at radius 1 is 1.39 bits per heavy atom. The monoisotopic (exact) mass is 440 g/mol. The van der Waals surface area contributed by atoms with Gasteiger partial charge in [-0.3, -0.25) is 4.79 Å². The second-order valence-corrected chi connectivity index (χ2v) is 7.93. The van der Waals surface area contributed by atoms with Crippen LogP contribution in [0.25, 0.3) is 10.3 Å². The third-order valence-corrected chi connectivity index (χ3v) is 5.30. The molecular formula is C22H28N6O2S. The molecule has 2 aromatic heterocycles. The summed E-state index contributed by atoms with van der Waals surface area (Å²) in [5, 5.41) is 15.2. The minimum atomic E-state index is -0.179. The van der Waals surface area contributed by atoms with Gasteiger partial charge in [-0.1, -0.05) is 18.3 Å². The lowest BCUT2D eigenvalue weighted by atomic mass is 10.1. The van der Waals surface area contributed by atoms with E-state index in [1.54, 1.807) is 13.3 Å². The van der Waals surface area contributed by atoms with Gasteiger partial charge >= 0.3 is 0 Å².